The van der Waals surface area contributed by atoms with Gasteiger partial charge >= 0.3 is 0 Å². The maximum atomic E-state index is 12.1. The fraction of sp³-hybridized carbons (Fsp3) is 0.533. The van der Waals surface area contributed by atoms with E-state index in [0.717, 1.165) is 18.8 Å². The summed E-state index contributed by atoms with van der Waals surface area (Å²) in [6.07, 6.45) is 5.92. The Morgan fingerprint density at radius 3 is 2.61 bits per heavy atom. The van der Waals surface area contributed by atoms with E-state index in [1.807, 2.05) is 0 Å². The smallest absolute Gasteiger partial charge is 0.251 e. The van der Waals surface area contributed by atoms with Gasteiger partial charge in [-0.05, 0) is 49.4 Å². The van der Waals surface area contributed by atoms with E-state index in [1.165, 1.54) is 19.3 Å². The van der Waals surface area contributed by atoms with Crippen LogP contribution in [0.25, 0.3) is 0 Å². The van der Waals surface area contributed by atoms with E-state index < -0.39 is 0 Å². The van der Waals surface area contributed by atoms with Crippen molar-refractivity contribution in [2.45, 2.75) is 45.1 Å². The lowest BCUT2D eigenvalue weighted by Gasteiger charge is -2.16. The van der Waals surface area contributed by atoms with Crippen molar-refractivity contribution in [1.82, 2.24) is 5.32 Å². The van der Waals surface area contributed by atoms with E-state index in [4.69, 9.17) is 5.73 Å². The van der Waals surface area contributed by atoms with E-state index in [0.29, 0.717) is 17.3 Å². The summed E-state index contributed by atoms with van der Waals surface area (Å²) >= 11 is 0. The van der Waals surface area contributed by atoms with Crippen molar-refractivity contribution in [3.05, 3.63) is 29.8 Å². The molecule has 2 atom stereocenters. The highest BCUT2D eigenvalue weighted by atomic mass is 16.1. The van der Waals surface area contributed by atoms with E-state index in [-0.39, 0.29) is 5.91 Å². The SMILES string of the molecule is CC1CCCC(NC(=O)c2ccc(N)cc2)CC1. The Bertz CT molecular complexity index is 399. The van der Waals surface area contributed by atoms with Gasteiger partial charge in [-0.3, -0.25) is 4.79 Å². The van der Waals surface area contributed by atoms with Crippen molar-refractivity contribution in [3.63, 3.8) is 0 Å². The topological polar surface area (TPSA) is 55.1 Å². The van der Waals surface area contributed by atoms with Gasteiger partial charge in [0.2, 0.25) is 0 Å². The summed E-state index contributed by atoms with van der Waals surface area (Å²) in [6.45, 7) is 2.30. The fourth-order valence-corrected chi connectivity index (χ4v) is 2.53. The number of hydrogen-bond acceptors (Lipinski definition) is 2. The van der Waals surface area contributed by atoms with Gasteiger partial charge in [-0.25, -0.2) is 0 Å². The molecule has 1 aromatic rings. The van der Waals surface area contributed by atoms with E-state index in [1.54, 1.807) is 24.3 Å². The first-order valence-electron chi connectivity index (χ1n) is 6.81. The van der Waals surface area contributed by atoms with Gasteiger partial charge in [-0.15, -0.1) is 0 Å². The van der Waals surface area contributed by atoms with Crippen LogP contribution >= 0.6 is 0 Å². The second-order valence-corrected chi connectivity index (χ2v) is 5.41. The predicted octanol–water partition coefficient (Wildman–Crippen LogP) is 2.97. The minimum absolute atomic E-state index is 0.0227. The Morgan fingerprint density at radius 1 is 1.17 bits per heavy atom. The number of nitrogen functional groups attached to an aromatic ring is 1. The Morgan fingerprint density at radius 2 is 1.89 bits per heavy atom. The summed E-state index contributed by atoms with van der Waals surface area (Å²) in [5.41, 5.74) is 7.00. The molecule has 18 heavy (non-hydrogen) atoms. The van der Waals surface area contributed by atoms with Gasteiger partial charge in [0.1, 0.15) is 0 Å². The molecule has 1 saturated carbocycles. The van der Waals surface area contributed by atoms with Gasteiger partial charge in [-0.2, -0.15) is 0 Å². The molecule has 0 aromatic heterocycles. The number of carbonyl (C=O) groups excluding carboxylic acids is 1. The molecule has 1 aliphatic carbocycles. The number of nitrogens with two attached hydrogens (primary N) is 1. The molecule has 0 spiro atoms. The van der Waals surface area contributed by atoms with Crippen LogP contribution in [0.1, 0.15) is 49.4 Å². The second-order valence-electron chi connectivity index (χ2n) is 5.41. The molecule has 2 unspecified atom stereocenters. The number of hydrogen-bond donors (Lipinski definition) is 2. The molecule has 1 fully saturated rings. The van der Waals surface area contributed by atoms with Gasteiger partial charge in [0.05, 0.1) is 0 Å². The van der Waals surface area contributed by atoms with Crippen LogP contribution in [0.15, 0.2) is 24.3 Å². The third-order valence-electron chi connectivity index (χ3n) is 3.77. The normalized spacial score (nSPS) is 24.3. The van der Waals surface area contributed by atoms with Crippen LogP contribution in [0, 0.1) is 5.92 Å². The molecule has 0 heterocycles. The predicted molar refractivity (Wildman–Crippen MR) is 74.4 cm³/mol. The molecule has 2 rings (SSSR count). The second kappa shape index (κ2) is 5.89. The van der Waals surface area contributed by atoms with Crippen LogP contribution in [-0.2, 0) is 0 Å². The molecule has 1 amide bonds. The molecule has 98 valence electrons. The van der Waals surface area contributed by atoms with Crippen LogP contribution in [0.2, 0.25) is 0 Å². The van der Waals surface area contributed by atoms with Crippen molar-refractivity contribution in [1.29, 1.82) is 0 Å². The molecule has 0 saturated heterocycles. The van der Waals surface area contributed by atoms with Crippen LogP contribution in [0.4, 0.5) is 5.69 Å². The van der Waals surface area contributed by atoms with Crippen molar-refractivity contribution >= 4 is 11.6 Å². The van der Waals surface area contributed by atoms with Gasteiger partial charge in [0.25, 0.3) is 5.91 Å². The molecular formula is C15H22N2O. The maximum Gasteiger partial charge on any atom is 0.251 e. The minimum atomic E-state index is 0.0227. The standard InChI is InChI=1S/C15H22N2O/c1-11-3-2-4-14(10-5-11)17-15(18)12-6-8-13(16)9-7-12/h6-9,11,14H,2-5,10,16H2,1H3,(H,17,18). The van der Waals surface area contributed by atoms with Crippen LogP contribution in [0.5, 0.6) is 0 Å². The molecule has 0 aliphatic heterocycles. The third-order valence-corrected chi connectivity index (χ3v) is 3.77. The third kappa shape index (κ3) is 3.49. The Kier molecular flexibility index (Phi) is 4.24. The first kappa shape index (κ1) is 12.9. The van der Waals surface area contributed by atoms with Crippen LogP contribution in [0.3, 0.4) is 0 Å². The van der Waals surface area contributed by atoms with Crippen LogP contribution in [-0.4, -0.2) is 11.9 Å². The largest absolute Gasteiger partial charge is 0.399 e. The summed E-state index contributed by atoms with van der Waals surface area (Å²) in [4.78, 5) is 12.1. The average molecular weight is 246 g/mol. The first-order valence-corrected chi connectivity index (χ1v) is 6.81. The number of benzene rings is 1. The zero-order valence-corrected chi connectivity index (χ0v) is 11.0. The molecule has 1 aliphatic rings. The molecule has 3 nitrogen and oxygen atoms in total. The minimum Gasteiger partial charge on any atom is -0.399 e. The van der Waals surface area contributed by atoms with Gasteiger partial charge in [0.15, 0.2) is 0 Å². The molecule has 3 heteroatoms. The average Bonchev–Trinajstić information content (AvgIpc) is 2.55. The summed E-state index contributed by atoms with van der Waals surface area (Å²) in [5.74, 6) is 0.818. The molecular weight excluding hydrogens is 224 g/mol. The zero-order chi connectivity index (χ0) is 13.0. The van der Waals surface area contributed by atoms with Gasteiger partial charge in [0, 0.05) is 17.3 Å². The van der Waals surface area contributed by atoms with Gasteiger partial charge < -0.3 is 11.1 Å². The summed E-state index contributed by atoms with van der Waals surface area (Å²) in [6, 6.07) is 7.43. The Hall–Kier alpha value is -1.51. The number of nitrogens with one attached hydrogen (secondary N) is 1. The Balaban J connectivity index is 1.92. The summed E-state index contributed by atoms with van der Waals surface area (Å²) in [7, 11) is 0. The molecule has 1 aromatic carbocycles. The molecule has 0 radical (unpaired) electrons. The highest BCUT2D eigenvalue weighted by molar-refractivity contribution is 5.94. The molecule has 0 bridgehead atoms. The maximum absolute atomic E-state index is 12.1. The van der Waals surface area contributed by atoms with E-state index in [2.05, 4.69) is 12.2 Å². The van der Waals surface area contributed by atoms with E-state index >= 15 is 0 Å². The van der Waals surface area contributed by atoms with E-state index in [9.17, 15) is 4.79 Å². The summed E-state index contributed by atoms with van der Waals surface area (Å²) < 4.78 is 0. The Labute approximate surface area is 109 Å². The number of rotatable bonds is 2. The number of amides is 1. The first-order chi connectivity index (χ1) is 8.65. The van der Waals surface area contributed by atoms with Crippen molar-refractivity contribution in [2.24, 2.45) is 5.92 Å². The lowest BCUT2D eigenvalue weighted by Crippen LogP contribution is -2.34. The number of anilines is 1. The lowest BCUT2D eigenvalue weighted by molar-refractivity contribution is 0.0933. The lowest BCUT2D eigenvalue weighted by atomic mass is 10.0. The highest BCUT2D eigenvalue weighted by Crippen LogP contribution is 2.22. The quantitative estimate of drug-likeness (QED) is 0.622. The van der Waals surface area contributed by atoms with Crippen molar-refractivity contribution in [3.8, 4) is 0 Å². The van der Waals surface area contributed by atoms with Crippen molar-refractivity contribution in [2.75, 3.05) is 5.73 Å². The summed E-state index contributed by atoms with van der Waals surface area (Å²) in [5, 5.41) is 3.14. The van der Waals surface area contributed by atoms with Gasteiger partial charge in [-0.1, -0.05) is 19.8 Å². The number of carbonyl (C=O) groups is 1. The zero-order valence-electron chi connectivity index (χ0n) is 11.0. The monoisotopic (exact) mass is 246 g/mol. The fourth-order valence-electron chi connectivity index (χ4n) is 2.53. The highest BCUT2D eigenvalue weighted by Gasteiger charge is 2.18. The molecule has 3 N–H and O–H groups in total. The van der Waals surface area contributed by atoms with Crippen LogP contribution < -0.4 is 11.1 Å². The van der Waals surface area contributed by atoms with Crippen molar-refractivity contribution < 1.29 is 4.79 Å².